The summed E-state index contributed by atoms with van der Waals surface area (Å²) in [6.45, 7) is 3.77. The first-order chi connectivity index (χ1) is 16.3. The van der Waals surface area contributed by atoms with Crippen molar-refractivity contribution in [3.63, 3.8) is 0 Å². The van der Waals surface area contributed by atoms with E-state index in [1.165, 1.54) is 24.8 Å². The first kappa shape index (κ1) is 28.8. The summed E-state index contributed by atoms with van der Waals surface area (Å²) in [6.07, 6.45) is -0.722. The predicted octanol–water partition coefficient (Wildman–Crippen LogP) is 3.51. The Balaban J connectivity index is 0.000000257. The number of carboxylic acids is 2. The molecule has 2 N–H and O–H groups in total. The van der Waals surface area contributed by atoms with Crippen molar-refractivity contribution in [2.75, 3.05) is 19.8 Å². The van der Waals surface area contributed by atoms with Gasteiger partial charge in [0.15, 0.2) is 0 Å². The first-order valence-corrected chi connectivity index (χ1v) is 10.8. The van der Waals surface area contributed by atoms with Crippen LogP contribution in [0, 0.1) is 5.92 Å². The second-order valence-electron chi connectivity index (χ2n) is 8.23. The fourth-order valence-electron chi connectivity index (χ4n) is 3.64. The number of hydrogen-bond donors (Lipinski definition) is 2. The molecular formula is C21H26F6N2O6. The SMILES string of the molecule is O=C(O)C(F)(F)F.O=C(O)C(F)(F)F.c1cncc(CN2CCO[C@H]3[C@H](OCC4CC4)CC[C@@H]32)c1. The van der Waals surface area contributed by atoms with Gasteiger partial charge in [0, 0.05) is 38.1 Å². The fourth-order valence-corrected chi connectivity index (χ4v) is 3.64. The predicted molar refractivity (Wildman–Crippen MR) is 107 cm³/mol. The molecule has 3 aliphatic rings. The zero-order valence-corrected chi connectivity index (χ0v) is 18.5. The molecule has 2 aliphatic carbocycles. The van der Waals surface area contributed by atoms with Gasteiger partial charge in [-0.2, -0.15) is 26.3 Å². The Bertz CT molecular complexity index is 795. The van der Waals surface area contributed by atoms with Crippen LogP contribution in [0.3, 0.4) is 0 Å². The minimum atomic E-state index is -5.08. The number of fused-ring (bicyclic) bond motifs is 1. The summed E-state index contributed by atoms with van der Waals surface area (Å²) in [5, 5.41) is 14.2. The van der Waals surface area contributed by atoms with Crippen LogP contribution in [0.25, 0.3) is 0 Å². The molecule has 1 saturated heterocycles. The number of pyridine rings is 1. The second-order valence-corrected chi connectivity index (χ2v) is 8.23. The Morgan fingerprint density at radius 2 is 1.66 bits per heavy atom. The summed E-state index contributed by atoms with van der Waals surface area (Å²) < 4.78 is 75.7. The molecule has 198 valence electrons. The van der Waals surface area contributed by atoms with Gasteiger partial charge in [-0.25, -0.2) is 9.59 Å². The van der Waals surface area contributed by atoms with Crippen LogP contribution in [0.2, 0.25) is 0 Å². The molecule has 4 rings (SSSR count). The molecule has 3 fully saturated rings. The van der Waals surface area contributed by atoms with Crippen LogP contribution in [0.1, 0.15) is 31.2 Å². The van der Waals surface area contributed by atoms with Gasteiger partial charge in [0.25, 0.3) is 0 Å². The number of nitrogens with zero attached hydrogens (tertiary/aromatic N) is 2. The molecule has 2 heterocycles. The van der Waals surface area contributed by atoms with Gasteiger partial charge < -0.3 is 19.7 Å². The highest BCUT2D eigenvalue weighted by Gasteiger charge is 2.44. The number of hydrogen-bond acceptors (Lipinski definition) is 6. The maximum Gasteiger partial charge on any atom is 0.490 e. The van der Waals surface area contributed by atoms with Gasteiger partial charge >= 0.3 is 24.3 Å². The average Bonchev–Trinajstić information content (AvgIpc) is 3.51. The third-order valence-corrected chi connectivity index (χ3v) is 5.49. The van der Waals surface area contributed by atoms with Gasteiger partial charge in [-0.3, -0.25) is 9.88 Å². The number of rotatable bonds is 5. The zero-order valence-electron chi connectivity index (χ0n) is 18.5. The molecule has 2 saturated carbocycles. The van der Waals surface area contributed by atoms with Crippen molar-refractivity contribution >= 4 is 11.9 Å². The van der Waals surface area contributed by atoms with E-state index in [2.05, 4.69) is 16.0 Å². The summed E-state index contributed by atoms with van der Waals surface area (Å²) in [7, 11) is 0. The minimum absolute atomic E-state index is 0.272. The van der Waals surface area contributed by atoms with Crippen molar-refractivity contribution in [3.8, 4) is 0 Å². The molecule has 0 amide bonds. The Morgan fingerprint density at radius 3 is 2.14 bits per heavy atom. The quantitative estimate of drug-likeness (QED) is 0.573. The lowest BCUT2D eigenvalue weighted by atomic mass is 10.1. The van der Waals surface area contributed by atoms with E-state index >= 15 is 0 Å². The van der Waals surface area contributed by atoms with Crippen LogP contribution < -0.4 is 0 Å². The summed E-state index contributed by atoms with van der Waals surface area (Å²) in [4.78, 5) is 24.6. The number of morpholine rings is 1. The van der Waals surface area contributed by atoms with E-state index < -0.39 is 24.3 Å². The van der Waals surface area contributed by atoms with E-state index in [0.29, 0.717) is 12.1 Å². The fraction of sp³-hybridized carbons (Fsp3) is 0.667. The monoisotopic (exact) mass is 516 g/mol. The summed E-state index contributed by atoms with van der Waals surface area (Å²) in [5.41, 5.74) is 1.29. The first-order valence-electron chi connectivity index (χ1n) is 10.8. The Labute approximate surface area is 196 Å². The van der Waals surface area contributed by atoms with E-state index in [9.17, 15) is 26.3 Å². The second kappa shape index (κ2) is 12.5. The number of carbonyl (C=O) groups is 2. The minimum Gasteiger partial charge on any atom is -0.475 e. The highest BCUT2D eigenvalue weighted by Crippen LogP contribution is 2.35. The summed E-state index contributed by atoms with van der Waals surface area (Å²) >= 11 is 0. The third kappa shape index (κ3) is 9.98. The average molecular weight is 516 g/mol. The molecule has 0 bridgehead atoms. The smallest absolute Gasteiger partial charge is 0.475 e. The lowest BCUT2D eigenvalue weighted by Gasteiger charge is -2.39. The summed E-state index contributed by atoms with van der Waals surface area (Å²) in [5.74, 6) is -4.68. The van der Waals surface area contributed by atoms with E-state index in [4.69, 9.17) is 29.3 Å². The largest absolute Gasteiger partial charge is 0.490 e. The summed E-state index contributed by atoms with van der Waals surface area (Å²) in [6, 6.07) is 4.69. The Morgan fingerprint density at radius 1 is 1.06 bits per heavy atom. The maximum absolute atomic E-state index is 10.6. The highest BCUT2D eigenvalue weighted by molar-refractivity contribution is 5.73. The molecule has 1 aliphatic heterocycles. The molecule has 1 aromatic heterocycles. The number of aromatic nitrogens is 1. The number of aliphatic carboxylic acids is 2. The van der Waals surface area contributed by atoms with E-state index in [-0.39, 0.29) is 6.10 Å². The molecular weight excluding hydrogens is 490 g/mol. The lowest BCUT2D eigenvalue weighted by molar-refractivity contribution is -0.193. The molecule has 14 heteroatoms. The molecule has 0 radical (unpaired) electrons. The van der Waals surface area contributed by atoms with Crippen molar-refractivity contribution in [1.29, 1.82) is 0 Å². The number of ether oxygens (including phenoxy) is 2. The lowest BCUT2D eigenvalue weighted by Crippen LogP contribution is -2.51. The van der Waals surface area contributed by atoms with Crippen LogP contribution in [0.15, 0.2) is 24.5 Å². The van der Waals surface area contributed by atoms with Crippen LogP contribution in [0.5, 0.6) is 0 Å². The third-order valence-electron chi connectivity index (χ3n) is 5.49. The topological polar surface area (TPSA) is 109 Å². The maximum atomic E-state index is 10.6. The van der Waals surface area contributed by atoms with Crippen LogP contribution >= 0.6 is 0 Å². The zero-order chi connectivity index (χ0) is 26.2. The Kier molecular flexibility index (Phi) is 10.3. The number of halogens is 6. The van der Waals surface area contributed by atoms with Crippen molar-refractivity contribution in [1.82, 2.24) is 9.88 Å². The highest BCUT2D eigenvalue weighted by atomic mass is 19.4. The molecule has 3 atom stereocenters. The van der Waals surface area contributed by atoms with E-state index in [0.717, 1.165) is 38.6 Å². The standard InChI is InChI=1S/C17H24N2O2.2C2HF3O2/c1-2-14(10-18-7-1)11-19-8-9-20-17-15(19)5-6-16(17)21-12-13-3-4-13;2*3-2(4,5)1(6)7/h1-2,7,10,13,15-17H,3-6,8-9,11-12H2;2*(H,6,7)/t15-,16+,17+;;/m0../s1. The van der Waals surface area contributed by atoms with Gasteiger partial charge in [0.1, 0.15) is 0 Å². The molecule has 0 unspecified atom stereocenters. The van der Waals surface area contributed by atoms with Crippen LogP contribution in [0.4, 0.5) is 26.3 Å². The number of carboxylic acid groups (broad SMARTS) is 2. The van der Waals surface area contributed by atoms with Gasteiger partial charge in [0.2, 0.25) is 0 Å². The normalized spacial score (nSPS) is 24.3. The van der Waals surface area contributed by atoms with Crippen molar-refractivity contribution < 1.29 is 55.6 Å². The van der Waals surface area contributed by atoms with Crippen LogP contribution in [-0.2, 0) is 25.6 Å². The van der Waals surface area contributed by atoms with Crippen molar-refractivity contribution in [3.05, 3.63) is 30.1 Å². The Hall–Kier alpha value is -2.45. The van der Waals surface area contributed by atoms with Gasteiger partial charge in [0.05, 0.1) is 18.8 Å². The van der Waals surface area contributed by atoms with Crippen molar-refractivity contribution in [2.45, 2.75) is 62.8 Å². The van der Waals surface area contributed by atoms with Gasteiger partial charge in [-0.15, -0.1) is 0 Å². The molecule has 35 heavy (non-hydrogen) atoms. The number of alkyl halides is 6. The van der Waals surface area contributed by atoms with E-state index in [1.54, 1.807) is 0 Å². The van der Waals surface area contributed by atoms with Crippen molar-refractivity contribution in [2.24, 2.45) is 5.92 Å². The molecule has 8 nitrogen and oxygen atoms in total. The van der Waals surface area contributed by atoms with Crippen LogP contribution in [-0.4, -0.2) is 82.4 Å². The molecule has 1 aromatic rings. The molecule has 0 aromatic carbocycles. The van der Waals surface area contributed by atoms with Gasteiger partial charge in [-0.05, 0) is 43.2 Å². The van der Waals surface area contributed by atoms with Gasteiger partial charge in [-0.1, -0.05) is 6.07 Å². The van der Waals surface area contributed by atoms with E-state index in [1.807, 2.05) is 18.5 Å². The molecule has 0 spiro atoms.